The number of carbonyl (C=O) groups excluding carboxylic acids is 1. The predicted octanol–water partition coefficient (Wildman–Crippen LogP) is 5.36. The van der Waals surface area contributed by atoms with Gasteiger partial charge in [0.1, 0.15) is 0 Å². The summed E-state index contributed by atoms with van der Waals surface area (Å²) in [6.45, 7) is 5.26. The van der Waals surface area contributed by atoms with E-state index in [1.54, 1.807) is 6.07 Å². The Morgan fingerprint density at radius 2 is 1.83 bits per heavy atom. The minimum absolute atomic E-state index is 0.195. The number of anilines is 2. The molecule has 0 radical (unpaired) electrons. The van der Waals surface area contributed by atoms with Crippen molar-refractivity contribution in [3.63, 3.8) is 0 Å². The molecule has 3 aliphatic rings. The van der Waals surface area contributed by atoms with E-state index >= 15 is 0 Å². The fraction of sp³-hybridized carbons (Fsp3) is 0.458. The summed E-state index contributed by atoms with van der Waals surface area (Å²) in [5.41, 5.74) is 2.68. The molecule has 1 saturated heterocycles. The van der Waals surface area contributed by atoms with Crippen LogP contribution in [-0.4, -0.2) is 42.0 Å². The lowest BCUT2D eigenvalue weighted by Gasteiger charge is -2.43. The lowest BCUT2D eigenvalue weighted by molar-refractivity contribution is -0.128. The van der Waals surface area contributed by atoms with Gasteiger partial charge in [0.25, 0.3) is 0 Å². The van der Waals surface area contributed by atoms with Crippen LogP contribution >= 0.6 is 23.2 Å². The topological polar surface area (TPSA) is 26.8 Å². The van der Waals surface area contributed by atoms with Crippen molar-refractivity contribution in [2.45, 2.75) is 50.7 Å². The summed E-state index contributed by atoms with van der Waals surface area (Å²) in [7, 11) is 0. The van der Waals surface area contributed by atoms with E-state index in [4.69, 9.17) is 23.2 Å². The first kappa shape index (κ1) is 20.2. The van der Waals surface area contributed by atoms with Crippen molar-refractivity contribution in [2.24, 2.45) is 0 Å². The highest BCUT2D eigenvalue weighted by atomic mass is 35.5. The Kier molecular flexibility index (Phi) is 5.20. The Hall–Kier alpha value is -1.75. The van der Waals surface area contributed by atoms with E-state index in [0.29, 0.717) is 22.6 Å². The molecule has 0 aromatic heterocycles. The van der Waals surface area contributed by atoms with Crippen molar-refractivity contribution in [2.75, 3.05) is 29.4 Å². The maximum absolute atomic E-state index is 13.9. The number of halogens is 2. The summed E-state index contributed by atoms with van der Waals surface area (Å²) in [5, 5.41) is 1.37. The highest BCUT2D eigenvalue weighted by molar-refractivity contribution is 6.33. The molecule has 5 rings (SSSR count). The zero-order chi connectivity index (χ0) is 20.9. The molecule has 0 unspecified atom stereocenters. The molecule has 2 heterocycles. The van der Waals surface area contributed by atoms with Gasteiger partial charge in [-0.3, -0.25) is 9.69 Å². The van der Waals surface area contributed by atoms with Gasteiger partial charge in [0.15, 0.2) is 0 Å². The van der Waals surface area contributed by atoms with Crippen molar-refractivity contribution in [3.05, 3.63) is 58.1 Å². The molecule has 158 valence electrons. The van der Waals surface area contributed by atoms with E-state index in [9.17, 15) is 4.79 Å². The van der Waals surface area contributed by atoms with Crippen LogP contribution in [0.1, 0.15) is 38.2 Å². The smallest absolute Gasteiger partial charge is 0.247 e. The molecule has 0 N–H and O–H groups in total. The first-order valence-corrected chi connectivity index (χ1v) is 11.6. The van der Waals surface area contributed by atoms with Crippen LogP contribution in [0.4, 0.5) is 11.4 Å². The van der Waals surface area contributed by atoms with E-state index in [1.807, 2.05) is 23.1 Å². The largest absolute Gasteiger partial charge is 0.365 e. The lowest BCUT2D eigenvalue weighted by Crippen LogP contribution is -2.57. The standard InChI is InChI=1S/C24H27Cl2N3O/c1-24(11-4-12-27(24)16-17-15-18(25)7-10-20(17)26)23(30)29-14-13-28(19-8-9-19)21-5-2-3-6-22(21)29/h2-3,5-7,10,15,19H,4,8-9,11-14,16H2,1H3/t24-/m0/s1. The number of para-hydroxylation sites is 2. The van der Waals surface area contributed by atoms with E-state index < -0.39 is 5.54 Å². The molecular formula is C24H27Cl2N3O. The zero-order valence-corrected chi connectivity index (χ0v) is 18.8. The third-order valence-corrected chi connectivity index (χ3v) is 7.50. The summed E-state index contributed by atoms with van der Waals surface area (Å²) >= 11 is 12.6. The number of rotatable bonds is 4. The Balaban J connectivity index is 1.43. The fourth-order valence-electron chi connectivity index (χ4n) is 5.04. The van der Waals surface area contributed by atoms with Crippen LogP contribution in [0, 0.1) is 0 Å². The summed E-state index contributed by atoms with van der Waals surface area (Å²) in [4.78, 5) is 20.7. The molecule has 1 aliphatic carbocycles. The molecule has 4 nitrogen and oxygen atoms in total. The lowest BCUT2D eigenvalue weighted by atomic mass is 9.95. The zero-order valence-electron chi connectivity index (χ0n) is 17.3. The average Bonchev–Trinajstić information content (AvgIpc) is 3.53. The maximum Gasteiger partial charge on any atom is 0.247 e. The molecular weight excluding hydrogens is 417 g/mol. The van der Waals surface area contributed by atoms with Gasteiger partial charge < -0.3 is 9.80 Å². The van der Waals surface area contributed by atoms with Crippen molar-refractivity contribution in [3.8, 4) is 0 Å². The van der Waals surface area contributed by atoms with Gasteiger partial charge in [-0.2, -0.15) is 0 Å². The molecule has 1 amide bonds. The third-order valence-electron chi connectivity index (χ3n) is 6.90. The number of likely N-dealkylation sites (tertiary alicyclic amines) is 1. The van der Waals surface area contributed by atoms with Crippen molar-refractivity contribution in [1.82, 2.24) is 4.90 Å². The Morgan fingerprint density at radius 3 is 2.60 bits per heavy atom. The monoisotopic (exact) mass is 443 g/mol. The molecule has 30 heavy (non-hydrogen) atoms. The maximum atomic E-state index is 13.9. The fourth-order valence-corrected chi connectivity index (χ4v) is 5.41. The molecule has 2 aromatic rings. The van der Waals surface area contributed by atoms with Gasteiger partial charge in [0.2, 0.25) is 5.91 Å². The van der Waals surface area contributed by atoms with Gasteiger partial charge >= 0.3 is 0 Å². The summed E-state index contributed by atoms with van der Waals surface area (Å²) in [5.74, 6) is 0.195. The van der Waals surface area contributed by atoms with Gasteiger partial charge in [-0.05, 0) is 75.0 Å². The van der Waals surface area contributed by atoms with Crippen molar-refractivity contribution in [1.29, 1.82) is 0 Å². The second-order valence-corrected chi connectivity index (χ2v) is 9.75. The van der Waals surface area contributed by atoms with E-state index in [1.165, 1.54) is 18.5 Å². The van der Waals surface area contributed by atoms with Crippen LogP contribution in [0.5, 0.6) is 0 Å². The second-order valence-electron chi connectivity index (χ2n) is 8.90. The number of hydrogen-bond donors (Lipinski definition) is 0. The van der Waals surface area contributed by atoms with E-state index in [-0.39, 0.29) is 5.91 Å². The number of nitrogens with zero attached hydrogens (tertiary/aromatic N) is 3. The Morgan fingerprint density at radius 1 is 1.07 bits per heavy atom. The predicted molar refractivity (Wildman–Crippen MR) is 124 cm³/mol. The van der Waals surface area contributed by atoms with Crippen LogP contribution in [-0.2, 0) is 11.3 Å². The number of amides is 1. The number of hydrogen-bond acceptors (Lipinski definition) is 3. The van der Waals surface area contributed by atoms with Crippen molar-refractivity contribution < 1.29 is 4.79 Å². The summed E-state index contributed by atoms with van der Waals surface area (Å²) in [6, 6.07) is 14.6. The quantitative estimate of drug-likeness (QED) is 0.635. The van der Waals surface area contributed by atoms with Gasteiger partial charge in [0, 0.05) is 35.7 Å². The molecule has 0 bridgehead atoms. The van der Waals surface area contributed by atoms with Crippen LogP contribution in [0.15, 0.2) is 42.5 Å². The number of benzene rings is 2. The van der Waals surface area contributed by atoms with Gasteiger partial charge in [-0.1, -0.05) is 35.3 Å². The minimum Gasteiger partial charge on any atom is -0.365 e. The molecule has 1 atom stereocenters. The van der Waals surface area contributed by atoms with Crippen LogP contribution in [0.2, 0.25) is 10.0 Å². The number of fused-ring (bicyclic) bond motifs is 1. The summed E-state index contributed by atoms with van der Waals surface area (Å²) in [6.07, 6.45) is 4.38. The molecule has 2 aromatic carbocycles. The summed E-state index contributed by atoms with van der Waals surface area (Å²) < 4.78 is 0. The van der Waals surface area contributed by atoms with Gasteiger partial charge in [-0.25, -0.2) is 0 Å². The minimum atomic E-state index is -0.541. The SMILES string of the molecule is C[C@@]1(C(=O)N2CCN(C3CC3)c3ccccc32)CCCN1Cc1cc(Cl)ccc1Cl. The van der Waals surface area contributed by atoms with Crippen molar-refractivity contribution >= 4 is 40.5 Å². The molecule has 1 saturated carbocycles. The molecule has 2 fully saturated rings. The average molecular weight is 444 g/mol. The van der Waals surface area contributed by atoms with Crippen LogP contribution < -0.4 is 9.80 Å². The van der Waals surface area contributed by atoms with Crippen LogP contribution in [0.3, 0.4) is 0 Å². The second kappa shape index (κ2) is 7.74. The normalized spacial score (nSPS) is 24.2. The Bertz CT molecular complexity index is 977. The third kappa shape index (κ3) is 3.49. The Labute approximate surface area is 188 Å². The number of carbonyl (C=O) groups is 1. The molecule has 2 aliphatic heterocycles. The van der Waals surface area contributed by atoms with Gasteiger partial charge in [0.05, 0.1) is 16.9 Å². The first-order valence-electron chi connectivity index (χ1n) is 10.8. The highest BCUT2D eigenvalue weighted by Crippen LogP contribution is 2.42. The van der Waals surface area contributed by atoms with E-state index in [0.717, 1.165) is 43.7 Å². The van der Waals surface area contributed by atoms with Gasteiger partial charge in [-0.15, -0.1) is 0 Å². The molecule has 0 spiro atoms. The van der Waals surface area contributed by atoms with E-state index in [2.05, 4.69) is 34.9 Å². The highest BCUT2D eigenvalue weighted by Gasteiger charge is 2.47. The first-order chi connectivity index (χ1) is 14.5. The molecule has 6 heteroatoms. The van der Waals surface area contributed by atoms with Crippen LogP contribution in [0.25, 0.3) is 0 Å².